The fourth-order valence-electron chi connectivity index (χ4n) is 3.87. The van der Waals surface area contributed by atoms with E-state index >= 15 is 0 Å². The lowest BCUT2D eigenvalue weighted by Gasteiger charge is -2.18. The Labute approximate surface area is 191 Å². The van der Waals surface area contributed by atoms with Gasteiger partial charge in [-0.1, -0.05) is 18.2 Å². The molecule has 0 radical (unpaired) electrons. The van der Waals surface area contributed by atoms with E-state index in [-0.39, 0.29) is 0 Å². The lowest BCUT2D eigenvalue weighted by molar-refractivity contribution is 0.208. The largest absolute Gasteiger partial charge is 0.493 e. The van der Waals surface area contributed by atoms with Gasteiger partial charge < -0.3 is 29.6 Å². The Morgan fingerprint density at radius 2 is 1.62 bits per heavy atom. The van der Waals surface area contributed by atoms with Gasteiger partial charge in [-0.05, 0) is 56.4 Å². The molecule has 0 saturated heterocycles. The minimum absolute atomic E-state index is 0.332. The average Bonchev–Trinajstić information content (AvgIpc) is 3.34. The number of hydrogen-bond acceptors (Lipinski definition) is 5. The summed E-state index contributed by atoms with van der Waals surface area (Å²) in [5.41, 5.74) is 2.08. The van der Waals surface area contributed by atoms with Gasteiger partial charge in [0.25, 0.3) is 0 Å². The van der Waals surface area contributed by atoms with Gasteiger partial charge in [0.05, 0.1) is 34.0 Å². The van der Waals surface area contributed by atoms with Crippen molar-refractivity contribution in [3.63, 3.8) is 0 Å². The molecule has 0 atom stereocenters. The highest BCUT2D eigenvalue weighted by atomic mass is 16.5. The molecule has 0 unspecified atom stereocenters. The molecular weight excluding hydrogens is 406 g/mol. The fraction of sp³-hybridized carbons (Fsp3) is 0.480. The smallest absolute Gasteiger partial charge is 0.203 e. The van der Waals surface area contributed by atoms with Crippen molar-refractivity contribution in [1.29, 1.82) is 0 Å². The van der Waals surface area contributed by atoms with Crippen LogP contribution in [0.1, 0.15) is 43.7 Å². The number of nitrogens with one attached hydrogen (secondary N) is 2. The Morgan fingerprint density at radius 3 is 2.25 bits per heavy atom. The van der Waals surface area contributed by atoms with Gasteiger partial charge in [0.15, 0.2) is 17.5 Å². The molecule has 0 spiro atoms. The van der Waals surface area contributed by atoms with Crippen LogP contribution >= 0.6 is 0 Å². The van der Waals surface area contributed by atoms with Gasteiger partial charge in [0.1, 0.15) is 5.75 Å². The second kappa shape index (κ2) is 12.1. The molecule has 0 aromatic heterocycles. The zero-order chi connectivity index (χ0) is 22.8. The average molecular weight is 442 g/mol. The number of ether oxygens (including phenoxy) is 4. The third kappa shape index (κ3) is 6.22. The Morgan fingerprint density at radius 1 is 0.938 bits per heavy atom. The maximum atomic E-state index is 6.26. The van der Waals surface area contributed by atoms with Gasteiger partial charge in [0.2, 0.25) is 5.75 Å². The van der Waals surface area contributed by atoms with Crippen LogP contribution in [-0.2, 0) is 13.1 Å². The molecule has 2 aromatic carbocycles. The quantitative estimate of drug-likeness (QED) is 0.423. The summed E-state index contributed by atoms with van der Waals surface area (Å²) in [7, 11) is 4.82. The van der Waals surface area contributed by atoms with Crippen LogP contribution in [0.3, 0.4) is 0 Å². The molecule has 7 heteroatoms. The van der Waals surface area contributed by atoms with Crippen molar-refractivity contribution < 1.29 is 18.9 Å². The molecule has 1 fully saturated rings. The first-order chi connectivity index (χ1) is 15.7. The number of nitrogens with zero attached hydrogens (tertiary/aromatic N) is 1. The van der Waals surface area contributed by atoms with E-state index in [1.807, 2.05) is 31.2 Å². The SMILES string of the molecule is CCNC(=NCc1cc(OC)c(OC)c(OC)c1)NCc1ccccc1OC1CCCC1. The summed E-state index contributed by atoms with van der Waals surface area (Å²) in [6.07, 6.45) is 5.12. The van der Waals surface area contributed by atoms with E-state index in [0.717, 1.165) is 42.2 Å². The summed E-state index contributed by atoms with van der Waals surface area (Å²) in [4.78, 5) is 4.74. The second-order valence-corrected chi connectivity index (χ2v) is 7.71. The molecule has 32 heavy (non-hydrogen) atoms. The van der Waals surface area contributed by atoms with Crippen molar-refractivity contribution >= 4 is 5.96 Å². The summed E-state index contributed by atoms with van der Waals surface area (Å²) in [6, 6.07) is 12.0. The van der Waals surface area contributed by atoms with Crippen LogP contribution in [0.5, 0.6) is 23.0 Å². The van der Waals surface area contributed by atoms with Gasteiger partial charge in [-0.3, -0.25) is 0 Å². The molecule has 0 amide bonds. The summed E-state index contributed by atoms with van der Waals surface area (Å²) in [6.45, 7) is 3.91. The van der Waals surface area contributed by atoms with Crippen LogP contribution in [0.25, 0.3) is 0 Å². The topological polar surface area (TPSA) is 73.3 Å². The van der Waals surface area contributed by atoms with Gasteiger partial charge >= 0.3 is 0 Å². The Hall–Kier alpha value is -3.09. The van der Waals surface area contributed by atoms with Crippen LogP contribution in [0.15, 0.2) is 41.4 Å². The van der Waals surface area contributed by atoms with Crippen molar-refractivity contribution in [3.8, 4) is 23.0 Å². The Balaban J connectivity index is 1.70. The van der Waals surface area contributed by atoms with Crippen LogP contribution < -0.4 is 29.6 Å². The number of methoxy groups -OCH3 is 3. The minimum Gasteiger partial charge on any atom is -0.493 e. The molecule has 0 heterocycles. The highest BCUT2D eigenvalue weighted by Crippen LogP contribution is 2.38. The highest BCUT2D eigenvalue weighted by molar-refractivity contribution is 5.79. The van der Waals surface area contributed by atoms with Gasteiger partial charge in [0, 0.05) is 18.7 Å². The number of aliphatic imine (C=N–C) groups is 1. The van der Waals surface area contributed by atoms with E-state index in [2.05, 4.69) is 22.8 Å². The van der Waals surface area contributed by atoms with E-state index in [9.17, 15) is 0 Å². The second-order valence-electron chi connectivity index (χ2n) is 7.71. The van der Waals surface area contributed by atoms with Gasteiger partial charge in [-0.2, -0.15) is 0 Å². The lowest BCUT2D eigenvalue weighted by atomic mass is 10.2. The highest BCUT2D eigenvalue weighted by Gasteiger charge is 2.18. The van der Waals surface area contributed by atoms with E-state index in [1.54, 1.807) is 21.3 Å². The number of guanidine groups is 1. The van der Waals surface area contributed by atoms with E-state index in [1.165, 1.54) is 12.8 Å². The van der Waals surface area contributed by atoms with Crippen molar-refractivity contribution in [2.24, 2.45) is 4.99 Å². The van der Waals surface area contributed by atoms with Crippen molar-refractivity contribution in [1.82, 2.24) is 10.6 Å². The van der Waals surface area contributed by atoms with Crippen molar-refractivity contribution in [2.75, 3.05) is 27.9 Å². The van der Waals surface area contributed by atoms with E-state index < -0.39 is 0 Å². The lowest BCUT2D eigenvalue weighted by Crippen LogP contribution is -2.37. The van der Waals surface area contributed by atoms with Crippen molar-refractivity contribution in [2.45, 2.75) is 51.8 Å². The van der Waals surface area contributed by atoms with Gasteiger partial charge in [-0.25, -0.2) is 4.99 Å². The molecule has 0 bridgehead atoms. The van der Waals surface area contributed by atoms with Crippen LogP contribution in [0, 0.1) is 0 Å². The number of benzene rings is 2. The molecule has 0 aliphatic heterocycles. The third-order valence-corrected chi connectivity index (χ3v) is 5.50. The van der Waals surface area contributed by atoms with Gasteiger partial charge in [-0.15, -0.1) is 0 Å². The molecule has 174 valence electrons. The molecule has 3 rings (SSSR count). The van der Waals surface area contributed by atoms with E-state index in [0.29, 0.717) is 36.4 Å². The van der Waals surface area contributed by atoms with Crippen molar-refractivity contribution in [3.05, 3.63) is 47.5 Å². The normalized spacial score (nSPS) is 14.2. The van der Waals surface area contributed by atoms with Crippen LogP contribution in [0.4, 0.5) is 0 Å². The first-order valence-electron chi connectivity index (χ1n) is 11.2. The van der Waals surface area contributed by atoms with Crippen LogP contribution in [0.2, 0.25) is 0 Å². The zero-order valence-corrected chi connectivity index (χ0v) is 19.6. The summed E-state index contributed by atoms with van der Waals surface area (Å²) < 4.78 is 22.6. The zero-order valence-electron chi connectivity index (χ0n) is 19.6. The summed E-state index contributed by atoms with van der Waals surface area (Å²) in [5.74, 6) is 3.50. The monoisotopic (exact) mass is 441 g/mol. The molecule has 1 saturated carbocycles. The summed E-state index contributed by atoms with van der Waals surface area (Å²) >= 11 is 0. The Bertz CT molecular complexity index is 870. The predicted molar refractivity (Wildman–Crippen MR) is 127 cm³/mol. The minimum atomic E-state index is 0.332. The summed E-state index contributed by atoms with van der Waals surface area (Å²) in [5, 5.41) is 6.73. The number of rotatable bonds is 10. The first kappa shape index (κ1) is 23.6. The maximum absolute atomic E-state index is 6.26. The molecule has 2 aromatic rings. The number of para-hydroxylation sites is 1. The number of hydrogen-bond donors (Lipinski definition) is 2. The molecule has 1 aliphatic carbocycles. The van der Waals surface area contributed by atoms with E-state index in [4.69, 9.17) is 23.9 Å². The fourth-order valence-corrected chi connectivity index (χ4v) is 3.87. The molecule has 7 nitrogen and oxygen atoms in total. The van der Waals surface area contributed by atoms with Crippen LogP contribution in [-0.4, -0.2) is 39.9 Å². The molecule has 1 aliphatic rings. The maximum Gasteiger partial charge on any atom is 0.203 e. The first-order valence-corrected chi connectivity index (χ1v) is 11.2. The molecule has 2 N–H and O–H groups in total. The molecular formula is C25H35N3O4. The Kier molecular flexibility index (Phi) is 8.90. The predicted octanol–water partition coefficient (Wildman–Crippen LogP) is 4.29. The third-order valence-electron chi connectivity index (χ3n) is 5.50. The standard InChI is InChI=1S/C25H35N3O4/c1-5-26-25(27-16-18-14-22(29-2)24(31-4)23(15-18)30-3)28-17-19-10-6-9-13-21(19)32-20-11-7-8-12-20/h6,9-10,13-15,20H,5,7-8,11-12,16-17H2,1-4H3,(H2,26,27,28).